The second-order valence-corrected chi connectivity index (χ2v) is 5.01. The molecule has 0 fully saturated rings. The number of ether oxygens (including phenoxy) is 2. The maximum Gasteiger partial charge on any atom is 0.341 e. The van der Waals surface area contributed by atoms with Crippen molar-refractivity contribution in [3.8, 4) is 0 Å². The molecule has 7 heteroatoms. The number of aryl methyl sites for hydroxylation is 1. The summed E-state index contributed by atoms with van der Waals surface area (Å²) in [6.45, 7) is 1.63. The van der Waals surface area contributed by atoms with E-state index in [1.807, 2.05) is 0 Å². The SMILES string of the molecule is COC(=O)c1cccc(NC(=O)C=Cc2cc(C(=O)OC)c(C)o2)c1. The predicted octanol–water partition coefficient (Wildman–Crippen LogP) is 2.81. The molecule has 0 bridgehead atoms. The summed E-state index contributed by atoms with van der Waals surface area (Å²) in [7, 11) is 2.56. The molecule has 0 aliphatic carbocycles. The molecule has 1 N–H and O–H groups in total. The first-order valence-electron chi connectivity index (χ1n) is 7.30. The van der Waals surface area contributed by atoms with Gasteiger partial charge >= 0.3 is 11.9 Å². The Morgan fingerprint density at radius 2 is 1.80 bits per heavy atom. The molecule has 0 aliphatic heterocycles. The number of amides is 1. The monoisotopic (exact) mass is 343 g/mol. The van der Waals surface area contributed by atoms with Gasteiger partial charge in [0.2, 0.25) is 5.91 Å². The van der Waals surface area contributed by atoms with Crippen molar-refractivity contribution < 1.29 is 28.3 Å². The van der Waals surface area contributed by atoms with Crippen LogP contribution in [0.25, 0.3) is 6.08 Å². The number of nitrogens with one attached hydrogen (secondary N) is 1. The Morgan fingerprint density at radius 1 is 1.08 bits per heavy atom. The van der Waals surface area contributed by atoms with Crippen LogP contribution < -0.4 is 5.32 Å². The van der Waals surface area contributed by atoms with E-state index in [9.17, 15) is 14.4 Å². The van der Waals surface area contributed by atoms with Crippen molar-refractivity contribution in [3.63, 3.8) is 0 Å². The van der Waals surface area contributed by atoms with E-state index in [1.54, 1.807) is 25.1 Å². The van der Waals surface area contributed by atoms with Crippen LogP contribution in [0.15, 0.2) is 40.8 Å². The fourth-order valence-electron chi connectivity index (χ4n) is 2.08. The van der Waals surface area contributed by atoms with E-state index in [-0.39, 0.29) is 0 Å². The van der Waals surface area contributed by atoms with Gasteiger partial charge in [-0.3, -0.25) is 4.79 Å². The van der Waals surface area contributed by atoms with E-state index in [4.69, 9.17) is 4.42 Å². The molecular formula is C18H17NO6. The Morgan fingerprint density at radius 3 is 2.48 bits per heavy atom. The quantitative estimate of drug-likeness (QED) is 0.662. The number of hydrogen-bond acceptors (Lipinski definition) is 6. The zero-order chi connectivity index (χ0) is 18.4. The van der Waals surface area contributed by atoms with Gasteiger partial charge in [-0.1, -0.05) is 6.07 Å². The molecule has 0 spiro atoms. The highest BCUT2D eigenvalue weighted by Crippen LogP contribution is 2.17. The van der Waals surface area contributed by atoms with E-state index in [0.29, 0.717) is 28.3 Å². The Balaban J connectivity index is 2.06. The lowest BCUT2D eigenvalue weighted by molar-refractivity contribution is -0.111. The molecule has 2 rings (SSSR count). The van der Waals surface area contributed by atoms with E-state index in [1.165, 1.54) is 38.5 Å². The number of benzene rings is 1. The Kier molecular flexibility index (Phi) is 5.73. The summed E-state index contributed by atoms with van der Waals surface area (Å²) in [5.41, 5.74) is 1.07. The van der Waals surface area contributed by atoms with Crippen LogP contribution in [0.4, 0.5) is 5.69 Å². The summed E-state index contributed by atoms with van der Waals surface area (Å²) in [5.74, 6) is -0.678. The second-order valence-electron chi connectivity index (χ2n) is 5.01. The van der Waals surface area contributed by atoms with Gasteiger partial charge in [-0.2, -0.15) is 0 Å². The molecule has 0 radical (unpaired) electrons. The van der Waals surface area contributed by atoms with Crippen molar-refractivity contribution in [1.29, 1.82) is 0 Å². The summed E-state index contributed by atoms with van der Waals surface area (Å²) in [4.78, 5) is 35.0. The van der Waals surface area contributed by atoms with E-state index in [2.05, 4.69) is 14.8 Å². The van der Waals surface area contributed by atoms with Gasteiger partial charge in [-0.05, 0) is 37.3 Å². The van der Waals surface area contributed by atoms with E-state index in [0.717, 1.165) is 0 Å². The molecule has 25 heavy (non-hydrogen) atoms. The average Bonchev–Trinajstić information content (AvgIpc) is 2.99. The number of carbonyl (C=O) groups is 3. The van der Waals surface area contributed by atoms with Crippen LogP contribution in [0.1, 0.15) is 32.2 Å². The number of carbonyl (C=O) groups excluding carboxylic acids is 3. The molecule has 1 amide bonds. The lowest BCUT2D eigenvalue weighted by Gasteiger charge is -2.04. The molecule has 0 saturated heterocycles. The fourth-order valence-corrected chi connectivity index (χ4v) is 2.08. The smallest absolute Gasteiger partial charge is 0.341 e. The summed E-state index contributed by atoms with van der Waals surface area (Å²) >= 11 is 0. The zero-order valence-electron chi connectivity index (χ0n) is 14.0. The highest BCUT2D eigenvalue weighted by atomic mass is 16.5. The van der Waals surface area contributed by atoms with E-state index < -0.39 is 17.8 Å². The van der Waals surface area contributed by atoms with Gasteiger partial charge in [0, 0.05) is 11.8 Å². The van der Waals surface area contributed by atoms with Gasteiger partial charge in [0.25, 0.3) is 0 Å². The molecule has 1 heterocycles. The number of esters is 2. The number of methoxy groups -OCH3 is 2. The second kappa shape index (κ2) is 7.96. The van der Waals surface area contributed by atoms with Crippen molar-refractivity contribution in [2.45, 2.75) is 6.92 Å². The molecule has 0 aliphatic rings. The number of furan rings is 1. The third kappa shape index (κ3) is 4.57. The number of rotatable bonds is 5. The first-order valence-corrected chi connectivity index (χ1v) is 7.30. The molecule has 0 saturated carbocycles. The topological polar surface area (TPSA) is 94.8 Å². The molecule has 1 aromatic heterocycles. The van der Waals surface area contributed by atoms with Crippen molar-refractivity contribution in [2.24, 2.45) is 0 Å². The van der Waals surface area contributed by atoms with Crippen LogP contribution in [0.5, 0.6) is 0 Å². The summed E-state index contributed by atoms with van der Waals surface area (Å²) in [6.07, 6.45) is 2.68. The molecule has 7 nitrogen and oxygen atoms in total. The third-order valence-corrected chi connectivity index (χ3v) is 3.29. The fraction of sp³-hybridized carbons (Fsp3) is 0.167. The molecule has 2 aromatic rings. The van der Waals surface area contributed by atoms with Crippen LogP contribution >= 0.6 is 0 Å². The predicted molar refractivity (Wildman–Crippen MR) is 90.2 cm³/mol. The zero-order valence-corrected chi connectivity index (χ0v) is 14.0. The van der Waals surface area contributed by atoms with Crippen molar-refractivity contribution in [1.82, 2.24) is 0 Å². The van der Waals surface area contributed by atoms with E-state index >= 15 is 0 Å². The van der Waals surface area contributed by atoms with Gasteiger partial charge < -0.3 is 19.2 Å². The minimum absolute atomic E-state index is 0.299. The number of hydrogen-bond donors (Lipinski definition) is 1. The standard InChI is InChI=1S/C18H17NO6/c1-11-15(18(22)24-3)10-14(25-11)7-8-16(20)19-13-6-4-5-12(9-13)17(21)23-2/h4-10H,1-3H3,(H,19,20). The van der Waals surface area contributed by atoms with Gasteiger partial charge in [0.05, 0.1) is 19.8 Å². The first-order chi connectivity index (χ1) is 11.9. The maximum atomic E-state index is 12.0. The van der Waals surface area contributed by atoms with Crippen LogP contribution in [-0.4, -0.2) is 32.1 Å². The van der Waals surface area contributed by atoms with Gasteiger partial charge in [-0.25, -0.2) is 9.59 Å². The van der Waals surface area contributed by atoms with Gasteiger partial charge in [0.1, 0.15) is 17.1 Å². The average molecular weight is 343 g/mol. The molecule has 130 valence electrons. The molecule has 1 aromatic carbocycles. The normalized spacial score (nSPS) is 10.5. The first kappa shape index (κ1) is 18.0. The summed E-state index contributed by atoms with van der Waals surface area (Å²) in [6, 6.07) is 7.85. The summed E-state index contributed by atoms with van der Waals surface area (Å²) < 4.78 is 14.6. The van der Waals surface area contributed by atoms with Crippen LogP contribution in [0.3, 0.4) is 0 Å². The van der Waals surface area contributed by atoms with Crippen molar-refractivity contribution in [3.05, 3.63) is 59.1 Å². The maximum absolute atomic E-state index is 12.0. The van der Waals surface area contributed by atoms with Crippen molar-refractivity contribution in [2.75, 3.05) is 19.5 Å². The highest BCUT2D eigenvalue weighted by molar-refractivity contribution is 6.02. The minimum atomic E-state index is -0.509. The third-order valence-electron chi connectivity index (χ3n) is 3.29. The Labute approximate surface area is 144 Å². The highest BCUT2D eigenvalue weighted by Gasteiger charge is 2.14. The Hall–Kier alpha value is -3.35. The van der Waals surface area contributed by atoms with Crippen LogP contribution in [-0.2, 0) is 14.3 Å². The summed E-state index contributed by atoms with van der Waals surface area (Å²) in [5, 5.41) is 2.62. The molecular weight excluding hydrogens is 326 g/mol. The molecule has 0 atom stereocenters. The van der Waals surface area contributed by atoms with Crippen LogP contribution in [0, 0.1) is 6.92 Å². The largest absolute Gasteiger partial charge is 0.465 e. The number of anilines is 1. The van der Waals surface area contributed by atoms with Crippen LogP contribution in [0.2, 0.25) is 0 Å². The lowest BCUT2D eigenvalue weighted by Crippen LogP contribution is -2.09. The minimum Gasteiger partial charge on any atom is -0.465 e. The lowest BCUT2D eigenvalue weighted by atomic mass is 10.2. The Bertz CT molecular complexity index is 834. The molecule has 0 unspecified atom stereocenters. The van der Waals surface area contributed by atoms with Gasteiger partial charge in [-0.15, -0.1) is 0 Å². The van der Waals surface area contributed by atoms with Gasteiger partial charge in [0.15, 0.2) is 0 Å². The van der Waals surface area contributed by atoms with Crippen molar-refractivity contribution >= 4 is 29.6 Å².